The zero-order valence-electron chi connectivity index (χ0n) is 10.9. The zero-order valence-corrected chi connectivity index (χ0v) is 11.7. The highest BCUT2D eigenvalue weighted by Gasteiger charge is 2.23. The third-order valence-corrected chi connectivity index (χ3v) is 3.63. The fraction of sp³-hybridized carbons (Fsp3) is 0.429. The minimum absolute atomic E-state index is 0. The lowest BCUT2D eigenvalue weighted by atomic mass is 10.1. The molecule has 0 amide bonds. The molecule has 5 heteroatoms. The zero-order chi connectivity index (χ0) is 12.5. The van der Waals surface area contributed by atoms with Gasteiger partial charge in [0.2, 0.25) is 0 Å². The summed E-state index contributed by atoms with van der Waals surface area (Å²) in [4.78, 5) is 2.26. The van der Waals surface area contributed by atoms with E-state index in [1.165, 1.54) is 6.07 Å². The van der Waals surface area contributed by atoms with Gasteiger partial charge in [0, 0.05) is 37.1 Å². The molecule has 2 heterocycles. The highest BCUT2D eigenvalue weighted by Crippen LogP contribution is 2.31. The lowest BCUT2D eigenvalue weighted by Crippen LogP contribution is -2.51. The van der Waals surface area contributed by atoms with Crippen LogP contribution in [0.1, 0.15) is 13.3 Å². The predicted octanol–water partition coefficient (Wildman–Crippen LogP) is 3.18. The molecule has 1 N–H and O–H groups in total. The smallest absolute Gasteiger partial charge is 0.157 e. The van der Waals surface area contributed by atoms with Crippen LogP contribution in [0.2, 0.25) is 0 Å². The maximum atomic E-state index is 13.7. The molecular weight excluding hydrogens is 267 g/mol. The number of furan rings is 1. The molecule has 1 saturated heterocycles. The lowest BCUT2D eigenvalue weighted by molar-refractivity contribution is 0.464. The van der Waals surface area contributed by atoms with Crippen LogP contribution in [0, 0.1) is 5.82 Å². The molecule has 1 atom stereocenters. The average Bonchev–Trinajstić information content (AvgIpc) is 2.85. The summed E-state index contributed by atoms with van der Waals surface area (Å²) < 4.78 is 19.2. The summed E-state index contributed by atoms with van der Waals surface area (Å²) in [5, 5.41) is 4.21. The van der Waals surface area contributed by atoms with Gasteiger partial charge in [0.25, 0.3) is 0 Å². The van der Waals surface area contributed by atoms with E-state index >= 15 is 0 Å². The van der Waals surface area contributed by atoms with Crippen molar-refractivity contribution >= 4 is 29.1 Å². The highest BCUT2D eigenvalue weighted by atomic mass is 35.5. The highest BCUT2D eigenvalue weighted by molar-refractivity contribution is 5.89. The van der Waals surface area contributed by atoms with Gasteiger partial charge >= 0.3 is 0 Å². The number of hydrogen-bond donors (Lipinski definition) is 1. The molecular formula is C14H18ClFN2O. The molecule has 1 aliphatic rings. The Balaban J connectivity index is 0.00000133. The minimum Gasteiger partial charge on any atom is -0.462 e. The van der Waals surface area contributed by atoms with Gasteiger partial charge in [0.05, 0.1) is 12.0 Å². The van der Waals surface area contributed by atoms with Gasteiger partial charge in [-0.3, -0.25) is 0 Å². The van der Waals surface area contributed by atoms with Crippen molar-refractivity contribution in [1.82, 2.24) is 5.32 Å². The Labute approximate surface area is 118 Å². The summed E-state index contributed by atoms with van der Waals surface area (Å²) in [6.45, 7) is 4.91. The summed E-state index contributed by atoms with van der Waals surface area (Å²) in [5.74, 6) is -0.202. The van der Waals surface area contributed by atoms with E-state index in [2.05, 4.69) is 17.1 Å². The lowest BCUT2D eigenvalue weighted by Gasteiger charge is -2.37. The van der Waals surface area contributed by atoms with Crippen LogP contribution >= 0.6 is 12.4 Å². The number of rotatable bonds is 2. The molecule has 3 rings (SSSR count). The number of piperazine rings is 1. The molecule has 104 valence electrons. The van der Waals surface area contributed by atoms with E-state index in [4.69, 9.17) is 4.42 Å². The van der Waals surface area contributed by atoms with E-state index in [9.17, 15) is 4.39 Å². The second kappa shape index (κ2) is 5.80. The third kappa shape index (κ3) is 2.55. The Kier molecular flexibility index (Phi) is 4.32. The number of fused-ring (bicyclic) bond motifs is 1. The first-order valence-corrected chi connectivity index (χ1v) is 6.43. The molecule has 1 fully saturated rings. The van der Waals surface area contributed by atoms with E-state index < -0.39 is 0 Å². The van der Waals surface area contributed by atoms with Crippen LogP contribution in [0.4, 0.5) is 10.1 Å². The second-order valence-corrected chi connectivity index (χ2v) is 4.72. The first kappa shape index (κ1) is 14.2. The van der Waals surface area contributed by atoms with Crippen LogP contribution in [-0.4, -0.2) is 25.7 Å². The van der Waals surface area contributed by atoms with Gasteiger partial charge in [0.1, 0.15) is 5.82 Å². The first-order chi connectivity index (χ1) is 8.79. The van der Waals surface area contributed by atoms with Gasteiger partial charge in [-0.15, -0.1) is 12.4 Å². The second-order valence-electron chi connectivity index (χ2n) is 4.72. The maximum absolute atomic E-state index is 13.7. The average molecular weight is 285 g/mol. The fourth-order valence-electron chi connectivity index (χ4n) is 2.68. The SMILES string of the molecule is CC[C@H]1CNCCN1c1cc(F)cc2ccoc12.Cl. The van der Waals surface area contributed by atoms with Crippen molar-refractivity contribution in [3.05, 3.63) is 30.3 Å². The van der Waals surface area contributed by atoms with Gasteiger partial charge in [-0.2, -0.15) is 0 Å². The largest absolute Gasteiger partial charge is 0.462 e. The van der Waals surface area contributed by atoms with Crippen molar-refractivity contribution in [1.29, 1.82) is 0 Å². The van der Waals surface area contributed by atoms with Crippen LogP contribution in [0.25, 0.3) is 11.0 Å². The molecule has 1 aliphatic heterocycles. The van der Waals surface area contributed by atoms with Gasteiger partial charge in [-0.25, -0.2) is 4.39 Å². The standard InChI is InChI=1S/C14H17FN2O.ClH/c1-2-12-9-16-4-5-17(12)13-8-11(15)7-10-3-6-18-14(10)13;/h3,6-8,12,16H,2,4-5,9H2,1H3;1H/t12-;/m0./s1. The summed E-state index contributed by atoms with van der Waals surface area (Å²) in [7, 11) is 0. The van der Waals surface area contributed by atoms with Crippen LogP contribution in [-0.2, 0) is 0 Å². The number of nitrogens with zero attached hydrogens (tertiary/aromatic N) is 1. The summed E-state index contributed by atoms with van der Waals surface area (Å²) in [6.07, 6.45) is 2.66. The van der Waals surface area contributed by atoms with Crippen molar-refractivity contribution in [2.45, 2.75) is 19.4 Å². The quantitative estimate of drug-likeness (QED) is 0.918. The van der Waals surface area contributed by atoms with Gasteiger partial charge in [0.15, 0.2) is 5.58 Å². The Bertz CT molecular complexity index is 557. The number of nitrogens with one attached hydrogen (secondary N) is 1. The first-order valence-electron chi connectivity index (χ1n) is 6.43. The van der Waals surface area contributed by atoms with Crippen LogP contribution in [0.5, 0.6) is 0 Å². The molecule has 0 aliphatic carbocycles. The maximum Gasteiger partial charge on any atom is 0.157 e. The molecule has 0 saturated carbocycles. The van der Waals surface area contributed by atoms with Crippen molar-refractivity contribution in [2.75, 3.05) is 24.5 Å². The van der Waals surface area contributed by atoms with E-state index in [0.717, 1.165) is 42.7 Å². The normalized spacial score (nSPS) is 19.5. The molecule has 0 radical (unpaired) electrons. The van der Waals surface area contributed by atoms with Crippen molar-refractivity contribution in [2.24, 2.45) is 0 Å². The Morgan fingerprint density at radius 2 is 2.32 bits per heavy atom. The van der Waals surface area contributed by atoms with Gasteiger partial charge in [-0.05, 0) is 18.6 Å². The number of anilines is 1. The van der Waals surface area contributed by atoms with Crippen molar-refractivity contribution in [3.8, 4) is 0 Å². The monoisotopic (exact) mass is 284 g/mol. The van der Waals surface area contributed by atoms with Crippen molar-refractivity contribution in [3.63, 3.8) is 0 Å². The van der Waals surface area contributed by atoms with Crippen LogP contribution in [0.15, 0.2) is 28.9 Å². The Hall–Kier alpha value is -1.26. The van der Waals surface area contributed by atoms with Crippen LogP contribution < -0.4 is 10.2 Å². The molecule has 19 heavy (non-hydrogen) atoms. The molecule has 0 bridgehead atoms. The molecule has 3 nitrogen and oxygen atoms in total. The summed E-state index contributed by atoms with van der Waals surface area (Å²) >= 11 is 0. The third-order valence-electron chi connectivity index (χ3n) is 3.63. The summed E-state index contributed by atoms with van der Waals surface area (Å²) in [5.41, 5.74) is 1.67. The van der Waals surface area contributed by atoms with E-state index in [1.54, 1.807) is 12.3 Å². The van der Waals surface area contributed by atoms with E-state index in [-0.39, 0.29) is 18.2 Å². The topological polar surface area (TPSA) is 28.4 Å². The van der Waals surface area contributed by atoms with E-state index in [0.29, 0.717) is 6.04 Å². The Morgan fingerprint density at radius 3 is 3.11 bits per heavy atom. The van der Waals surface area contributed by atoms with Gasteiger partial charge < -0.3 is 14.6 Å². The fourth-order valence-corrected chi connectivity index (χ4v) is 2.68. The minimum atomic E-state index is -0.202. The number of halogens is 2. The molecule has 0 unspecified atom stereocenters. The predicted molar refractivity (Wildman–Crippen MR) is 77.7 cm³/mol. The van der Waals surface area contributed by atoms with Gasteiger partial charge in [-0.1, -0.05) is 6.92 Å². The summed E-state index contributed by atoms with van der Waals surface area (Å²) in [6, 6.07) is 5.31. The Morgan fingerprint density at radius 1 is 1.47 bits per heavy atom. The molecule has 1 aromatic heterocycles. The van der Waals surface area contributed by atoms with Crippen LogP contribution in [0.3, 0.4) is 0 Å². The molecule has 0 spiro atoms. The van der Waals surface area contributed by atoms with Crippen molar-refractivity contribution < 1.29 is 8.81 Å². The molecule has 1 aromatic carbocycles. The number of hydrogen-bond acceptors (Lipinski definition) is 3. The number of benzene rings is 1. The molecule has 2 aromatic rings. The van der Waals surface area contributed by atoms with E-state index in [1.807, 2.05) is 6.07 Å².